The summed E-state index contributed by atoms with van der Waals surface area (Å²) >= 11 is 3.22. The van der Waals surface area contributed by atoms with Gasteiger partial charge < -0.3 is 15.0 Å². The molecule has 2 bridgehead atoms. The highest BCUT2D eigenvalue weighted by Crippen LogP contribution is 2.64. The number of aromatic amines is 1. The normalized spacial score (nSPS) is 25.9. The lowest BCUT2D eigenvalue weighted by Gasteiger charge is -2.40. The maximum absolute atomic E-state index is 12.8. The molecule has 3 aromatic carbocycles. The van der Waals surface area contributed by atoms with Gasteiger partial charge in [-0.1, -0.05) is 59.9 Å². The van der Waals surface area contributed by atoms with Crippen molar-refractivity contribution in [2.45, 2.75) is 35.5 Å². The van der Waals surface area contributed by atoms with Crippen molar-refractivity contribution in [3.05, 3.63) is 86.8 Å². The minimum Gasteiger partial charge on any atom is -0.483 e. The van der Waals surface area contributed by atoms with Crippen LogP contribution in [-0.4, -0.2) is 22.7 Å². The fraction of sp³-hybridized carbons (Fsp3) is 0.310. The van der Waals surface area contributed by atoms with Crippen LogP contribution in [0.25, 0.3) is 10.8 Å². The van der Waals surface area contributed by atoms with Crippen molar-refractivity contribution in [2.24, 2.45) is 17.8 Å². The van der Waals surface area contributed by atoms with E-state index in [1.54, 1.807) is 0 Å². The minimum absolute atomic E-state index is 0.0120. The van der Waals surface area contributed by atoms with Gasteiger partial charge in [0.25, 0.3) is 5.91 Å². The Bertz CT molecular complexity index is 1530. The van der Waals surface area contributed by atoms with Crippen molar-refractivity contribution in [3.63, 3.8) is 0 Å². The summed E-state index contributed by atoms with van der Waals surface area (Å²) in [5.41, 5.74) is 1.85. The zero-order valence-electron chi connectivity index (χ0n) is 19.6. The molecule has 7 rings (SSSR count). The number of thiazole rings is 1. The molecule has 182 valence electrons. The quantitative estimate of drug-likeness (QED) is 0.330. The van der Waals surface area contributed by atoms with Crippen LogP contribution in [0.5, 0.6) is 5.75 Å². The highest BCUT2D eigenvalue weighted by molar-refractivity contribution is 8.00. The van der Waals surface area contributed by atoms with Crippen LogP contribution < -0.4 is 14.9 Å². The number of H-pyrrole nitrogens is 1. The second-order valence-electron chi connectivity index (χ2n) is 10.1. The number of para-hydroxylation sites is 1. The van der Waals surface area contributed by atoms with Gasteiger partial charge in [-0.3, -0.25) is 9.59 Å². The molecule has 2 fully saturated rings. The Morgan fingerprint density at radius 1 is 1.00 bits per heavy atom. The zero-order chi connectivity index (χ0) is 24.2. The molecule has 2 heterocycles. The largest absolute Gasteiger partial charge is 0.483 e. The number of nitrogens with one attached hydrogen (secondary N) is 2. The maximum Gasteiger partial charge on any atom is 0.305 e. The molecule has 2 N–H and O–H groups in total. The van der Waals surface area contributed by atoms with Crippen LogP contribution in [0.2, 0.25) is 0 Å². The first kappa shape index (κ1) is 22.2. The van der Waals surface area contributed by atoms with E-state index in [4.69, 9.17) is 4.74 Å². The third kappa shape index (κ3) is 3.76. The number of anilines is 1. The molecule has 7 heteroatoms. The number of carbonyl (C=O) groups excluding carboxylic acids is 1. The maximum atomic E-state index is 12.8. The highest BCUT2D eigenvalue weighted by Gasteiger charge is 2.55. The van der Waals surface area contributed by atoms with Crippen molar-refractivity contribution in [1.82, 2.24) is 4.98 Å². The number of rotatable bonds is 5. The van der Waals surface area contributed by atoms with E-state index in [9.17, 15) is 9.59 Å². The van der Waals surface area contributed by atoms with Gasteiger partial charge in [-0.15, -0.1) is 11.8 Å². The molecule has 36 heavy (non-hydrogen) atoms. The fourth-order valence-electron chi connectivity index (χ4n) is 6.67. The minimum atomic E-state index is -0.191. The SMILES string of the molecule is O=C(COc1ccccc1[C@H]1c2sc(=O)[nH]c2SC2C3CCC(C3)C21)Nc1ccc2ccccc2c1. The number of fused-ring (bicyclic) bond motifs is 7. The van der Waals surface area contributed by atoms with Gasteiger partial charge in [-0.25, -0.2) is 0 Å². The molecule has 1 amide bonds. The van der Waals surface area contributed by atoms with E-state index in [0.29, 0.717) is 17.1 Å². The van der Waals surface area contributed by atoms with Crippen LogP contribution in [0.3, 0.4) is 0 Å². The van der Waals surface area contributed by atoms with Crippen molar-refractivity contribution < 1.29 is 9.53 Å². The molecule has 5 nitrogen and oxygen atoms in total. The lowest BCUT2D eigenvalue weighted by Crippen LogP contribution is -2.34. The molecular formula is C29H26N2O3S2. The van der Waals surface area contributed by atoms with Crippen molar-refractivity contribution in [3.8, 4) is 5.75 Å². The molecule has 1 aromatic heterocycles. The van der Waals surface area contributed by atoms with Gasteiger partial charge in [0.05, 0.1) is 5.03 Å². The van der Waals surface area contributed by atoms with E-state index in [1.165, 1.54) is 30.6 Å². The molecule has 0 spiro atoms. The molecule has 0 saturated heterocycles. The van der Waals surface area contributed by atoms with Crippen molar-refractivity contribution in [1.29, 1.82) is 0 Å². The number of ether oxygens (including phenoxy) is 1. The van der Waals surface area contributed by atoms with Gasteiger partial charge in [-0.2, -0.15) is 0 Å². The third-order valence-corrected chi connectivity index (χ3v) is 10.7. The number of thioether (sulfide) groups is 1. The van der Waals surface area contributed by atoms with Crippen molar-refractivity contribution in [2.75, 3.05) is 11.9 Å². The Hall–Kier alpha value is -3.03. The first-order valence-electron chi connectivity index (χ1n) is 12.5. The Kier molecular flexibility index (Phi) is 5.44. The number of hydrogen-bond donors (Lipinski definition) is 2. The van der Waals surface area contributed by atoms with E-state index >= 15 is 0 Å². The number of amides is 1. The Morgan fingerprint density at radius 2 is 1.81 bits per heavy atom. The summed E-state index contributed by atoms with van der Waals surface area (Å²) in [4.78, 5) is 29.4. The summed E-state index contributed by atoms with van der Waals surface area (Å²) in [6.07, 6.45) is 3.85. The molecule has 2 aliphatic carbocycles. The second-order valence-corrected chi connectivity index (χ2v) is 12.3. The van der Waals surface area contributed by atoms with Gasteiger partial charge in [0.15, 0.2) is 6.61 Å². The summed E-state index contributed by atoms with van der Waals surface area (Å²) in [7, 11) is 0. The number of benzene rings is 3. The fourth-order valence-corrected chi connectivity index (χ4v) is 9.56. The predicted molar refractivity (Wildman–Crippen MR) is 145 cm³/mol. The number of aromatic nitrogens is 1. The second kappa shape index (κ2) is 8.82. The highest BCUT2D eigenvalue weighted by atomic mass is 32.2. The third-order valence-electron chi connectivity index (χ3n) is 8.11. The molecule has 1 aliphatic heterocycles. The molecule has 4 aromatic rings. The predicted octanol–water partition coefficient (Wildman–Crippen LogP) is 6.26. The van der Waals surface area contributed by atoms with E-state index in [2.05, 4.69) is 22.4 Å². The average molecular weight is 515 g/mol. The lowest BCUT2D eigenvalue weighted by atomic mass is 9.74. The van der Waals surface area contributed by atoms with Crippen molar-refractivity contribution >= 4 is 45.5 Å². The Morgan fingerprint density at radius 3 is 2.72 bits per heavy atom. The number of carbonyl (C=O) groups is 1. The van der Waals surface area contributed by atoms with Gasteiger partial charge in [0.2, 0.25) is 0 Å². The van der Waals surface area contributed by atoms with Crippen LogP contribution >= 0.6 is 23.1 Å². The molecular weight excluding hydrogens is 488 g/mol. The van der Waals surface area contributed by atoms with Gasteiger partial charge in [-0.05, 0) is 66.0 Å². The standard InChI is InChI=1S/C29H26N2O3S2/c32-23(30-20-12-11-16-5-1-2-6-17(16)14-20)15-34-22-8-4-3-7-21(22)25-24-18-9-10-19(13-18)26(24)35-28-27(25)36-29(33)31-28/h1-8,11-12,14,18-19,24-26H,9-10,13,15H2,(H,30,32)(H,31,33)/t18?,19?,24?,25-,26?/m1/s1. The molecule has 0 radical (unpaired) electrons. The van der Waals surface area contributed by atoms with Crippen LogP contribution in [0.15, 0.2) is 76.6 Å². The first-order valence-corrected chi connectivity index (χ1v) is 14.2. The average Bonchev–Trinajstić information content (AvgIpc) is 3.61. The smallest absolute Gasteiger partial charge is 0.305 e. The summed E-state index contributed by atoms with van der Waals surface area (Å²) in [6.45, 7) is -0.0678. The van der Waals surface area contributed by atoms with E-state index in [1.807, 2.05) is 66.4 Å². The molecule has 2 saturated carbocycles. The number of hydrogen-bond acceptors (Lipinski definition) is 5. The van der Waals surface area contributed by atoms with Crippen LogP contribution in [0, 0.1) is 17.8 Å². The molecule has 4 unspecified atom stereocenters. The monoisotopic (exact) mass is 514 g/mol. The van der Waals surface area contributed by atoms with E-state index in [-0.39, 0.29) is 23.3 Å². The summed E-state index contributed by atoms with van der Waals surface area (Å²) < 4.78 is 6.16. The van der Waals surface area contributed by atoms with E-state index in [0.717, 1.165) is 43.6 Å². The van der Waals surface area contributed by atoms with Gasteiger partial charge in [0, 0.05) is 27.3 Å². The topological polar surface area (TPSA) is 71.2 Å². The van der Waals surface area contributed by atoms with Gasteiger partial charge in [0.1, 0.15) is 5.75 Å². The van der Waals surface area contributed by atoms with Crippen LogP contribution in [-0.2, 0) is 4.79 Å². The van der Waals surface area contributed by atoms with Crippen LogP contribution in [0.1, 0.15) is 35.6 Å². The Labute approximate surface area is 217 Å². The summed E-state index contributed by atoms with van der Waals surface area (Å²) in [6, 6.07) is 22.1. The summed E-state index contributed by atoms with van der Waals surface area (Å²) in [5.74, 6) is 2.59. The molecule has 5 atom stereocenters. The Balaban J connectivity index is 1.15. The first-order chi connectivity index (χ1) is 17.6. The zero-order valence-corrected chi connectivity index (χ0v) is 21.2. The van der Waals surface area contributed by atoms with Crippen LogP contribution in [0.4, 0.5) is 5.69 Å². The van der Waals surface area contributed by atoms with Gasteiger partial charge >= 0.3 is 4.87 Å². The molecule has 3 aliphatic rings. The summed E-state index contributed by atoms with van der Waals surface area (Å²) in [5, 5.41) is 6.76. The van der Waals surface area contributed by atoms with E-state index < -0.39 is 0 Å². The lowest BCUT2D eigenvalue weighted by molar-refractivity contribution is -0.118.